The minimum Gasteiger partial charge on any atom is -0.357 e. The molecule has 1 aromatic carbocycles. The van der Waals surface area contributed by atoms with Gasteiger partial charge in [-0.1, -0.05) is 24.3 Å². The maximum absolute atomic E-state index is 12.4. The lowest BCUT2D eigenvalue weighted by atomic mass is 10.00. The van der Waals surface area contributed by atoms with Crippen LogP contribution in [0.3, 0.4) is 0 Å². The van der Waals surface area contributed by atoms with E-state index in [9.17, 15) is 4.79 Å². The molecule has 0 unspecified atom stereocenters. The maximum Gasteiger partial charge on any atom is 0.242 e. The van der Waals surface area contributed by atoms with Gasteiger partial charge in [-0.3, -0.25) is 14.7 Å². The third kappa shape index (κ3) is 7.24. The van der Waals surface area contributed by atoms with E-state index in [0.717, 1.165) is 58.2 Å². The summed E-state index contributed by atoms with van der Waals surface area (Å²) in [5.41, 5.74) is 2.90. The molecule has 1 amide bonds. The second kappa shape index (κ2) is 13.0. The number of carbonyl (C=O) groups excluding carboxylic acids is 1. The zero-order valence-electron chi connectivity index (χ0n) is 17.8. The van der Waals surface area contributed by atoms with Gasteiger partial charge in [-0.05, 0) is 38.3 Å². The predicted octanol–water partition coefficient (Wildman–Crippen LogP) is 2.43. The Kier molecular flexibility index (Phi) is 11.4. The Hall–Kier alpha value is -1.35. The Morgan fingerprint density at radius 3 is 2.50 bits per heavy atom. The third-order valence-electron chi connectivity index (χ3n) is 5.07. The molecule has 0 fully saturated rings. The van der Waals surface area contributed by atoms with E-state index in [-0.39, 0.29) is 29.9 Å². The van der Waals surface area contributed by atoms with Gasteiger partial charge in [0.2, 0.25) is 5.91 Å². The Morgan fingerprint density at radius 2 is 1.86 bits per heavy atom. The van der Waals surface area contributed by atoms with E-state index >= 15 is 0 Å². The van der Waals surface area contributed by atoms with Crippen molar-refractivity contribution in [1.82, 2.24) is 20.0 Å². The number of benzene rings is 1. The van der Waals surface area contributed by atoms with Crippen LogP contribution in [-0.2, 0) is 17.8 Å². The number of likely N-dealkylation sites (N-methyl/N-ethyl adjacent to an activating group) is 2. The number of rotatable bonds is 8. The van der Waals surface area contributed by atoms with Gasteiger partial charge in [-0.2, -0.15) is 0 Å². The molecule has 2 rings (SSSR count). The molecule has 0 bridgehead atoms. The molecular weight excluding hydrogens is 465 g/mol. The van der Waals surface area contributed by atoms with Gasteiger partial charge in [0.05, 0.1) is 13.1 Å². The molecule has 6 nitrogen and oxygen atoms in total. The minimum atomic E-state index is 0. The zero-order valence-corrected chi connectivity index (χ0v) is 20.1. The molecule has 0 radical (unpaired) electrons. The number of aliphatic imine (C=N–C) groups is 1. The summed E-state index contributed by atoms with van der Waals surface area (Å²) in [6, 6.07) is 8.69. The highest BCUT2D eigenvalue weighted by Gasteiger charge is 2.17. The molecule has 7 heteroatoms. The van der Waals surface area contributed by atoms with Gasteiger partial charge >= 0.3 is 0 Å². The summed E-state index contributed by atoms with van der Waals surface area (Å²) in [4.78, 5) is 23.3. The first kappa shape index (κ1) is 24.7. The summed E-state index contributed by atoms with van der Waals surface area (Å²) in [5, 5.41) is 3.30. The monoisotopic (exact) mass is 501 g/mol. The summed E-state index contributed by atoms with van der Waals surface area (Å²) in [6.07, 6.45) is 1.11. The van der Waals surface area contributed by atoms with Crippen LogP contribution in [0, 0.1) is 0 Å². The topological polar surface area (TPSA) is 51.2 Å². The molecule has 0 saturated carbocycles. The van der Waals surface area contributed by atoms with Crippen LogP contribution in [0.15, 0.2) is 29.3 Å². The summed E-state index contributed by atoms with van der Waals surface area (Å²) < 4.78 is 0. The fourth-order valence-electron chi connectivity index (χ4n) is 3.47. The molecule has 0 spiro atoms. The quantitative estimate of drug-likeness (QED) is 0.338. The lowest BCUT2D eigenvalue weighted by molar-refractivity contribution is -0.131. The molecule has 158 valence electrons. The Morgan fingerprint density at radius 1 is 1.18 bits per heavy atom. The van der Waals surface area contributed by atoms with Gasteiger partial charge in [0.25, 0.3) is 0 Å². The molecule has 28 heavy (non-hydrogen) atoms. The molecule has 0 atom stereocenters. The molecule has 1 heterocycles. The van der Waals surface area contributed by atoms with E-state index in [1.165, 1.54) is 11.1 Å². The van der Waals surface area contributed by atoms with E-state index < -0.39 is 0 Å². The van der Waals surface area contributed by atoms with E-state index in [1.54, 1.807) is 0 Å². The molecule has 0 aliphatic carbocycles. The van der Waals surface area contributed by atoms with Crippen molar-refractivity contribution in [3.8, 4) is 0 Å². The van der Waals surface area contributed by atoms with Gasteiger partial charge < -0.3 is 15.1 Å². The standard InChI is InChI=1S/C21H35N5O.HI/c1-5-22-21(24(4)17-20(27)26(6-2)7-3)23-13-15-25-14-12-18-10-8-9-11-19(18)16-25;/h8-11H,5-7,12-17H2,1-4H3,(H,22,23);1H. The molecular formula is C21H36IN5O. The fraction of sp³-hybridized carbons (Fsp3) is 0.619. The normalized spacial score (nSPS) is 14.1. The first-order valence-corrected chi connectivity index (χ1v) is 10.1. The van der Waals surface area contributed by atoms with Crippen LogP contribution < -0.4 is 5.32 Å². The number of nitrogens with one attached hydrogen (secondary N) is 1. The van der Waals surface area contributed by atoms with Crippen molar-refractivity contribution in [3.63, 3.8) is 0 Å². The highest BCUT2D eigenvalue weighted by molar-refractivity contribution is 14.0. The number of nitrogens with zero attached hydrogens (tertiary/aromatic N) is 4. The van der Waals surface area contributed by atoms with Crippen molar-refractivity contribution < 1.29 is 4.79 Å². The number of hydrogen-bond acceptors (Lipinski definition) is 3. The van der Waals surface area contributed by atoms with Crippen molar-refractivity contribution in [2.45, 2.75) is 33.7 Å². The van der Waals surface area contributed by atoms with Crippen LogP contribution in [-0.4, -0.2) is 79.4 Å². The van der Waals surface area contributed by atoms with Gasteiger partial charge in [-0.25, -0.2) is 0 Å². The minimum absolute atomic E-state index is 0. The van der Waals surface area contributed by atoms with Crippen LogP contribution in [0.5, 0.6) is 0 Å². The van der Waals surface area contributed by atoms with E-state index in [2.05, 4.69) is 41.4 Å². The lowest BCUT2D eigenvalue weighted by Gasteiger charge is -2.28. The van der Waals surface area contributed by atoms with Crippen LogP contribution in [0.25, 0.3) is 0 Å². The lowest BCUT2D eigenvalue weighted by Crippen LogP contribution is -2.46. The number of amides is 1. The molecule has 0 saturated heterocycles. The predicted molar refractivity (Wildman–Crippen MR) is 127 cm³/mol. The number of guanidine groups is 1. The molecule has 1 N–H and O–H groups in total. The van der Waals surface area contributed by atoms with Crippen molar-refractivity contribution in [3.05, 3.63) is 35.4 Å². The number of fused-ring (bicyclic) bond motifs is 1. The molecule has 0 aromatic heterocycles. The van der Waals surface area contributed by atoms with Crippen molar-refractivity contribution in [1.29, 1.82) is 0 Å². The van der Waals surface area contributed by atoms with E-state index in [1.807, 2.05) is 30.7 Å². The van der Waals surface area contributed by atoms with Crippen molar-refractivity contribution >= 4 is 35.8 Å². The Bertz CT molecular complexity index is 633. The first-order valence-electron chi connectivity index (χ1n) is 10.1. The highest BCUT2D eigenvalue weighted by atomic mass is 127. The highest BCUT2D eigenvalue weighted by Crippen LogP contribution is 2.17. The maximum atomic E-state index is 12.4. The smallest absolute Gasteiger partial charge is 0.242 e. The summed E-state index contributed by atoms with van der Waals surface area (Å²) in [7, 11) is 1.93. The average Bonchev–Trinajstić information content (AvgIpc) is 2.68. The Balaban J connectivity index is 0.00000392. The molecule has 1 aromatic rings. The van der Waals surface area contributed by atoms with Crippen molar-refractivity contribution in [2.75, 3.05) is 52.9 Å². The summed E-state index contributed by atoms with van der Waals surface area (Å²) in [6.45, 7) is 12.4. The third-order valence-corrected chi connectivity index (χ3v) is 5.07. The number of halogens is 1. The van der Waals surface area contributed by atoms with Crippen LogP contribution in [0.4, 0.5) is 0 Å². The second-order valence-corrected chi connectivity index (χ2v) is 6.95. The SMILES string of the molecule is CCNC(=NCCN1CCc2ccccc2C1)N(C)CC(=O)N(CC)CC.I. The van der Waals surface area contributed by atoms with Crippen LogP contribution in [0.2, 0.25) is 0 Å². The summed E-state index contributed by atoms with van der Waals surface area (Å²) >= 11 is 0. The van der Waals surface area contributed by atoms with Crippen molar-refractivity contribution in [2.24, 2.45) is 4.99 Å². The fourth-order valence-corrected chi connectivity index (χ4v) is 3.47. The van der Waals surface area contributed by atoms with E-state index in [0.29, 0.717) is 6.54 Å². The van der Waals surface area contributed by atoms with Gasteiger partial charge in [0, 0.05) is 46.3 Å². The molecule has 1 aliphatic rings. The molecule has 1 aliphatic heterocycles. The number of hydrogen-bond donors (Lipinski definition) is 1. The number of carbonyl (C=O) groups is 1. The van der Waals surface area contributed by atoms with E-state index in [4.69, 9.17) is 4.99 Å². The first-order chi connectivity index (χ1) is 13.1. The van der Waals surface area contributed by atoms with Gasteiger partial charge in [-0.15, -0.1) is 24.0 Å². The average molecular weight is 501 g/mol. The van der Waals surface area contributed by atoms with Crippen LogP contribution in [0.1, 0.15) is 31.9 Å². The largest absolute Gasteiger partial charge is 0.357 e. The van der Waals surface area contributed by atoms with Crippen LogP contribution >= 0.6 is 24.0 Å². The van der Waals surface area contributed by atoms with Gasteiger partial charge in [0.1, 0.15) is 0 Å². The van der Waals surface area contributed by atoms with Gasteiger partial charge in [0.15, 0.2) is 5.96 Å². The summed E-state index contributed by atoms with van der Waals surface area (Å²) in [5.74, 6) is 0.941. The zero-order chi connectivity index (χ0) is 19.6. The Labute approximate surface area is 187 Å². The second-order valence-electron chi connectivity index (χ2n) is 6.95.